The van der Waals surface area contributed by atoms with Crippen molar-refractivity contribution in [2.24, 2.45) is 5.84 Å². The first-order chi connectivity index (χ1) is 10.1. The third kappa shape index (κ3) is 3.17. The topological polar surface area (TPSA) is 47.3 Å². The summed E-state index contributed by atoms with van der Waals surface area (Å²) in [6.07, 6.45) is 0.0555. The molecular weight excluding hydrogens is 281 g/mol. The lowest BCUT2D eigenvalue weighted by Crippen LogP contribution is -2.30. The summed E-state index contributed by atoms with van der Waals surface area (Å²) in [7, 11) is 1.35. The Morgan fingerprint density at radius 3 is 2.48 bits per heavy atom. The minimum absolute atomic E-state index is 0.0414. The van der Waals surface area contributed by atoms with Crippen molar-refractivity contribution in [1.29, 1.82) is 0 Å². The minimum atomic E-state index is -0.997. The summed E-state index contributed by atoms with van der Waals surface area (Å²) in [5, 5.41) is 0. The molecule has 1 unspecified atom stereocenters. The van der Waals surface area contributed by atoms with E-state index >= 15 is 0 Å². The van der Waals surface area contributed by atoms with E-state index in [1.807, 2.05) is 0 Å². The standard InChI is InChI=1S/C15H15F3N2O/c1-21-13-7-2-4-9(14(13)17)8-12(20-19)10-5-3-6-11(16)15(10)18/h2-7,12,20H,8,19H2,1H3. The van der Waals surface area contributed by atoms with Crippen molar-refractivity contribution in [3.8, 4) is 5.75 Å². The maximum absolute atomic E-state index is 14.1. The highest BCUT2D eigenvalue weighted by Gasteiger charge is 2.20. The van der Waals surface area contributed by atoms with Gasteiger partial charge in [-0.1, -0.05) is 24.3 Å². The lowest BCUT2D eigenvalue weighted by Gasteiger charge is -2.18. The second-order valence-corrected chi connectivity index (χ2v) is 4.50. The lowest BCUT2D eigenvalue weighted by molar-refractivity contribution is 0.382. The van der Waals surface area contributed by atoms with Gasteiger partial charge in [0.1, 0.15) is 0 Å². The molecule has 0 aliphatic rings. The first-order valence-corrected chi connectivity index (χ1v) is 6.30. The van der Waals surface area contributed by atoms with Gasteiger partial charge in [0.25, 0.3) is 0 Å². The molecule has 0 saturated heterocycles. The number of halogens is 3. The van der Waals surface area contributed by atoms with Gasteiger partial charge in [-0.05, 0) is 24.1 Å². The summed E-state index contributed by atoms with van der Waals surface area (Å²) in [6, 6.07) is 7.67. The van der Waals surface area contributed by atoms with Gasteiger partial charge in [-0.15, -0.1) is 0 Å². The van der Waals surface area contributed by atoms with E-state index in [9.17, 15) is 13.2 Å². The van der Waals surface area contributed by atoms with Crippen LogP contribution in [0.15, 0.2) is 36.4 Å². The van der Waals surface area contributed by atoms with Crippen molar-refractivity contribution >= 4 is 0 Å². The molecule has 0 fully saturated rings. The molecule has 0 aliphatic heterocycles. The molecule has 0 bridgehead atoms. The summed E-state index contributed by atoms with van der Waals surface area (Å²) >= 11 is 0. The van der Waals surface area contributed by atoms with Crippen LogP contribution in [-0.4, -0.2) is 7.11 Å². The van der Waals surface area contributed by atoms with E-state index in [-0.39, 0.29) is 17.7 Å². The molecule has 0 spiro atoms. The number of hydrogen-bond donors (Lipinski definition) is 2. The Bertz CT molecular complexity index is 634. The van der Waals surface area contributed by atoms with E-state index in [1.54, 1.807) is 12.1 Å². The molecule has 21 heavy (non-hydrogen) atoms. The number of hydrogen-bond acceptors (Lipinski definition) is 3. The molecule has 0 aliphatic carbocycles. The summed E-state index contributed by atoms with van der Waals surface area (Å²) in [5.41, 5.74) is 2.72. The minimum Gasteiger partial charge on any atom is -0.494 e. The van der Waals surface area contributed by atoms with Gasteiger partial charge in [0.15, 0.2) is 23.2 Å². The Kier molecular flexibility index (Phi) is 4.82. The monoisotopic (exact) mass is 296 g/mol. The van der Waals surface area contributed by atoms with Gasteiger partial charge >= 0.3 is 0 Å². The van der Waals surface area contributed by atoms with Crippen molar-refractivity contribution in [1.82, 2.24) is 5.43 Å². The van der Waals surface area contributed by atoms with Crippen molar-refractivity contribution in [3.63, 3.8) is 0 Å². The van der Waals surface area contributed by atoms with Gasteiger partial charge in [-0.25, -0.2) is 13.2 Å². The molecule has 6 heteroatoms. The fourth-order valence-electron chi connectivity index (χ4n) is 2.14. The number of benzene rings is 2. The Hall–Kier alpha value is -2.05. The predicted molar refractivity (Wildman–Crippen MR) is 73.1 cm³/mol. The molecule has 2 aromatic carbocycles. The van der Waals surface area contributed by atoms with Crippen LogP contribution in [0.3, 0.4) is 0 Å². The summed E-state index contributed by atoms with van der Waals surface area (Å²) in [4.78, 5) is 0. The molecule has 1 atom stereocenters. The third-order valence-electron chi connectivity index (χ3n) is 3.25. The molecule has 0 heterocycles. The highest BCUT2D eigenvalue weighted by Crippen LogP contribution is 2.26. The SMILES string of the molecule is COc1cccc(CC(NN)c2cccc(F)c2F)c1F. The zero-order valence-electron chi connectivity index (χ0n) is 11.4. The second-order valence-electron chi connectivity index (χ2n) is 4.50. The van der Waals surface area contributed by atoms with Crippen molar-refractivity contribution in [2.45, 2.75) is 12.5 Å². The van der Waals surface area contributed by atoms with Crippen LogP contribution in [-0.2, 0) is 6.42 Å². The van der Waals surface area contributed by atoms with Gasteiger partial charge in [0, 0.05) is 5.56 Å². The van der Waals surface area contributed by atoms with Gasteiger partial charge in [-0.3, -0.25) is 11.3 Å². The summed E-state index contributed by atoms with van der Waals surface area (Å²) < 4.78 is 46.1. The zero-order chi connectivity index (χ0) is 15.4. The summed E-state index contributed by atoms with van der Waals surface area (Å²) in [5.74, 6) is 2.97. The van der Waals surface area contributed by atoms with E-state index in [1.165, 1.54) is 25.3 Å². The molecule has 3 N–H and O–H groups in total. The van der Waals surface area contributed by atoms with Gasteiger partial charge < -0.3 is 4.74 Å². The lowest BCUT2D eigenvalue weighted by atomic mass is 9.98. The molecule has 2 rings (SSSR count). The average molecular weight is 296 g/mol. The first-order valence-electron chi connectivity index (χ1n) is 6.30. The van der Waals surface area contributed by atoms with Gasteiger partial charge in [0.2, 0.25) is 0 Å². The van der Waals surface area contributed by atoms with Crippen LogP contribution < -0.4 is 16.0 Å². The van der Waals surface area contributed by atoms with Crippen molar-refractivity contribution < 1.29 is 17.9 Å². The molecule has 112 valence electrons. The van der Waals surface area contributed by atoms with Crippen LogP contribution in [0.25, 0.3) is 0 Å². The molecule has 2 aromatic rings. The Morgan fingerprint density at radius 1 is 1.10 bits per heavy atom. The number of nitrogens with two attached hydrogens (primary N) is 1. The van der Waals surface area contributed by atoms with E-state index in [2.05, 4.69) is 5.43 Å². The fraction of sp³-hybridized carbons (Fsp3) is 0.200. The Labute approximate surface area is 120 Å². The predicted octanol–water partition coefficient (Wildman–Crippen LogP) is 2.86. The summed E-state index contributed by atoms with van der Waals surface area (Å²) in [6.45, 7) is 0. The highest BCUT2D eigenvalue weighted by molar-refractivity contribution is 5.33. The van der Waals surface area contributed by atoms with E-state index in [0.717, 1.165) is 6.07 Å². The van der Waals surface area contributed by atoms with Crippen LogP contribution in [0.4, 0.5) is 13.2 Å². The van der Waals surface area contributed by atoms with Crippen LogP contribution in [0, 0.1) is 17.5 Å². The molecule has 3 nitrogen and oxygen atoms in total. The molecule has 0 saturated carbocycles. The van der Waals surface area contributed by atoms with Crippen molar-refractivity contribution in [2.75, 3.05) is 7.11 Å². The molecule has 0 amide bonds. The van der Waals surface area contributed by atoms with E-state index in [0.29, 0.717) is 5.56 Å². The number of ether oxygens (including phenoxy) is 1. The Morgan fingerprint density at radius 2 is 1.81 bits per heavy atom. The number of rotatable bonds is 5. The number of hydrazine groups is 1. The average Bonchev–Trinajstić information content (AvgIpc) is 2.49. The normalized spacial score (nSPS) is 12.2. The fourth-order valence-corrected chi connectivity index (χ4v) is 2.14. The highest BCUT2D eigenvalue weighted by atomic mass is 19.2. The van der Waals surface area contributed by atoms with Crippen LogP contribution in [0.1, 0.15) is 17.2 Å². The van der Waals surface area contributed by atoms with Gasteiger partial charge in [-0.2, -0.15) is 0 Å². The molecule has 0 radical (unpaired) electrons. The maximum atomic E-state index is 14.1. The van der Waals surface area contributed by atoms with Crippen molar-refractivity contribution in [3.05, 3.63) is 65.0 Å². The second kappa shape index (κ2) is 6.60. The zero-order valence-corrected chi connectivity index (χ0v) is 11.4. The van der Waals surface area contributed by atoms with E-state index in [4.69, 9.17) is 10.6 Å². The third-order valence-corrected chi connectivity index (χ3v) is 3.25. The quantitative estimate of drug-likeness (QED) is 0.659. The smallest absolute Gasteiger partial charge is 0.168 e. The van der Waals surface area contributed by atoms with E-state index < -0.39 is 23.5 Å². The first kappa shape index (κ1) is 15.3. The Balaban J connectivity index is 2.34. The van der Waals surface area contributed by atoms with Crippen LogP contribution >= 0.6 is 0 Å². The maximum Gasteiger partial charge on any atom is 0.168 e. The van der Waals surface area contributed by atoms with Crippen LogP contribution in [0.2, 0.25) is 0 Å². The number of methoxy groups -OCH3 is 1. The largest absolute Gasteiger partial charge is 0.494 e. The molecular formula is C15H15F3N2O. The van der Waals surface area contributed by atoms with Crippen LogP contribution in [0.5, 0.6) is 5.75 Å². The number of nitrogens with one attached hydrogen (secondary N) is 1. The molecule has 0 aromatic heterocycles. The van der Waals surface area contributed by atoms with Gasteiger partial charge in [0.05, 0.1) is 13.2 Å².